The molecule has 3 saturated carbocycles. The molecular weight excluding hydrogens is 1030 g/mol. The number of nitrogens with one attached hydrogen (secondary N) is 3. The molecule has 0 bridgehead atoms. The van der Waals surface area contributed by atoms with Gasteiger partial charge < -0.3 is 29.5 Å². The molecule has 5 fully saturated rings. The quantitative estimate of drug-likeness (QED) is 0.0907. The first-order chi connectivity index (χ1) is 38.1. The Labute approximate surface area is 447 Å². The van der Waals surface area contributed by atoms with Gasteiger partial charge in [-0.2, -0.15) is 23.4 Å². The predicted molar refractivity (Wildman–Crippen MR) is 278 cm³/mol. The van der Waals surface area contributed by atoms with Crippen molar-refractivity contribution < 1.29 is 45.8 Å². The number of alkyl halides is 3. The summed E-state index contributed by atoms with van der Waals surface area (Å²) in [6.07, 6.45) is 3.05. The summed E-state index contributed by atoms with van der Waals surface area (Å²) in [5.74, 6) is -1.21. The average molecular weight is 1090 g/mol. The Morgan fingerprint density at radius 3 is 1.76 bits per heavy atom. The molecule has 3 N–H and O–H groups in total. The van der Waals surface area contributed by atoms with E-state index in [1.807, 2.05) is 11.0 Å². The van der Waals surface area contributed by atoms with Gasteiger partial charge in [0.1, 0.15) is 29.2 Å². The number of aromatic nitrogens is 6. The van der Waals surface area contributed by atoms with E-state index in [-0.39, 0.29) is 97.0 Å². The molecule has 3 amide bonds. The van der Waals surface area contributed by atoms with Crippen molar-refractivity contribution in [3.63, 3.8) is 0 Å². The molecule has 2 saturated heterocycles. The van der Waals surface area contributed by atoms with Crippen molar-refractivity contribution in [2.24, 2.45) is 17.8 Å². The highest BCUT2D eigenvalue weighted by molar-refractivity contribution is 5.96. The number of hydrogen-bond acceptors (Lipinski definition) is 12. The fraction of sp³-hybridized carbons (Fsp3) is 0.386. The summed E-state index contributed by atoms with van der Waals surface area (Å²) in [6, 6.07) is 18.6. The number of likely N-dealkylation sites (tertiary alicyclic amines) is 1. The van der Waals surface area contributed by atoms with Crippen LogP contribution < -0.4 is 25.9 Å². The first-order valence-electron chi connectivity index (χ1n) is 26.6. The van der Waals surface area contributed by atoms with Crippen LogP contribution >= 0.6 is 0 Å². The van der Waals surface area contributed by atoms with Gasteiger partial charge in [0.05, 0.1) is 51.0 Å². The van der Waals surface area contributed by atoms with Gasteiger partial charge in [-0.05, 0) is 129 Å². The molecule has 4 atom stereocenters. The molecule has 3 aromatic heterocycles. The summed E-state index contributed by atoms with van der Waals surface area (Å²) < 4.78 is 82.0. The van der Waals surface area contributed by atoms with Gasteiger partial charge in [-0.3, -0.25) is 24.0 Å². The van der Waals surface area contributed by atoms with Crippen molar-refractivity contribution in [1.29, 1.82) is 0 Å². The Morgan fingerprint density at radius 1 is 0.633 bits per heavy atom. The van der Waals surface area contributed by atoms with Gasteiger partial charge in [0.25, 0.3) is 22.9 Å². The highest BCUT2D eigenvalue weighted by atomic mass is 19.4. The van der Waals surface area contributed by atoms with E-state index in [9.17, 15) is 37.1 Å². The van der Waals surface area contributed by atoms with Gasteiger partial charge in [-0.15, -0.1) is 0 Å². The number of benzene rings is 4. The SMILES string of the molecule is O=C(c1cc(Cc2n[nH]c(=O)c3ccc(OC4CCC4)cc23)ccc1F)N1CCCN(C(=O)C2CC2C2CCC2Oc2ccc3c(=O)[nH]nc(Cc4ccc(F)c(C(=O)N5CC(Nc6ncc(C(F)(F)F)cn6)C5)c4)c3c2)CC1. The lowest BCUT2D eigenvalue weighted by Crippen LogP contribution is -2.57. The largest absolute Gasteiger partial charge is 0.490 e. The lowest BCUT2D eigenvalue weighted by Gasteiger charge is -2.39. The second kappa shape index (κ2) is 20.8. The fourth-order valence-corrected chi connectivity index (χ4v) is 11.2. The van der Waals surface area contributed by atoms with Crippen molar-refractivity contribution >= 4 is 45.2 Å². The van der Waals surface area contributed by atoms with Crippen molar-refractivity contribution in [3.8, 4) is 11.5 Å². The Hall–Kier alpha value is -8.30. The highest BCUT2D eigenvalue weighted by Crippen LogP contribution is 2.53. The van der Waals surface area contributed by atoms with Crippen LogP contribution in [0.25, 0.3) is 21.5 Å². The molecule has 5 aliphatic rings. The summed E-state index contributed by atoms with van der Waals surface area (Å²) in [4.78, 5) is 79.3. The number of H-pyrrole nitrogens is 2. The molecule has 17 nitrogen and oxygen atoms in total. The molecule has 7 aromatic rings. The van der Waals surface area contributed by atoms with Crippen molar-refractivity contribution in [2.45, 2.75) is 82.2 Å². The predicted octanol–water partition coefficient (Wildman–Crippen LogP) is 7.46. The number of amides is 3. The molecule has 0 radical (unpaired) electrons. The number of hydrogen-bond donors (Lipinski definition) is 3. The first kappa shape index (κ1) is 51.5. The van der Waals surface area contributed by atoms with Gasteiger partial charge in [-0.1, -0.05) is 12.1 Å². The highest BCUT2D eigenvalue weighted by Gasteiger charge is 2.54. The van der Waals surface area contributed by atoms with Crippen LogP contribution in [-0.2, 0) is 23.8 Å². The maximum atomic E-state index is 15.5. The molecule has 4 unspecified atom stereocenters. The summed E-state index contributed by atoms with van der Waals surface area (Å²) in [5, 5.41) is 18.6. The Morgan fingerprint density at radius 2 is 1.20 bits per heavy atom. The summed E-state index contributed by atoms with van der Waals surface area (Å²) >= 11 is 0. The van der Waals surface area contributed by atoms with E-state index >= 15 is 8.78 Å². The number of ether oxygens (including phenoxy) is 2. The molecule has 2 aliphatic heterocycles. The van der Waals surface area contributed by atoms with Crippen LogP contribution in [0.2, 0.25) is 0 Å². The monoisotopic (exact) mass is 1080 g/mol. The minimum absolute atomic E-state index is 0.0298. The Bertz CT molecular complexity index is 3660. The number of carbonyl (C=O) groups is 3. The molecule has 5 heterocycles. The molecule has 79 heavy (non-hydrogen) atoms. The van der Waals surface area contributed by atoms with Crippen LogP contribution in [0.5, 0.6) is 11.5 Å². The normalized spacial score (nSPS) is 20.5. The van der Waals surface area contributed by atoms with Crippen molar-refractivity contribution in [3.05, 3.63) is 157 Å². The third-order valence-electron chi connectivity index (χ3n) is 16.1. The summed E-state index contributed by atoms with van der Waals surface area (Å²) in [7, 11) is 0. The number of fused-ring (bicyclic) bond motifs is 2. The van der Waals surface area contributed by atoms with Crippen LogP contribution in [0.1, 0.15) is 93.7 Å². The van der Waals surface area contributed by atoms with Crippen LogP contribution in [-0.4, -0.2) is 120 Å². The van der Waals surface area contributed by atoms with E-state index < -0.39 is 40.7 Å². The van der Waals surface area contributed by atoms with E-state index in [0.717, 1.165) is 32.1 Å². The number of carbonyl (C=O) groups excluding carboxylic acids is 3. The van der Waals surface area contributed by atoms with Gasteiger partial charge in [0.15, 0.2) is 0 Å². The number of aromatic amines is 2. The smallest absolute Gasteiger partial charge is 0.419 e. The van der Waals surface area contributed by atoms with Crippen LogP contribution in [0.15, 0.2) is 94.8 Å². The maximum Gasteiger partial charge on any atom is 0.419 e. The molecule has 0 spiro atoms. The van der Waals surface area contributed by atoms with E-state index in [1.165, 1.54) is 35.2 Å². The van der Waals surface area contributed by atoms with Gasteiger partial charge in [0.2, 0.25) is 11.9 Å². The third-order valence-corrected chi connectivity index (χ3v) is 16.1. The summed E-state index contributed by atoms with van der Waals surface area (Å²) in [6.45, 7) is 1.65. The van der Waals surface area contributed by atoms with Gasteiger partial charge in [0, 0.05) is 81.2 Å². The van der Waals surface area contributed by atoms with Crippen LogP contribution in [0.3, 0.4) is 0 Å². The third kappa shape index (κ3) is 10.6. The zero-order valence-corrected chi connectivity index (χ0v) is 42.5. The minimum Gasteiger partial charge on any atom is -0.490 e. The standard InChI is InChI=1S/C57H53F5N10O7/c58-46-12-5-30(21-48-41-23-35(78-34-3-1-4-34)7-9-38(41)51(73)68-66-48)19-44(46)54(76)71-16-2-15-70(17-18-71)53(75)43-25-40(43)37-11-14-50(37)79-36-8-10-39-42(24-36)49(67-69-52(39)74)22-31-6-13-47(59)45(20-31)55(77)72-28-33(29-72)65-56-63-26-32(27-64-56)57(60,61)62/h5-10,12-13,19-20,23-24,26-27,33-34,37,40,43,50H,1-4,11,14-18,21-22,25,28-29H2,(H,68,73)(H,69,74)(H,63,64,65). The van der Waals surface area contributed by atoms with Crippen LogP contribution in [0, 0.1) is 29.4 Å². The molecule has 3 aliphatic carbocycles. The van der Waals surface area contributed by atoms with Crippen LogP contribution in [0.4, 0.5) is 27.9 Å². The molecular formula is C57H53F5N10O7. The minimum atomic E-state index is -4.58. The number of nitrogens with zero attached hydrogens (tertiary/aromatic N) is 7. The molecule has 12 rings (SSSR count). The van der Waals surface area contributed by atoms with E-state index in [0.29, 0.717) is 100 Å². The topological polar surface area (TPSA) is 209 Å². The Balaban J connectivity index is 0.650. The molecule has 4 aromatic carbocycles. The number of rotatable bonds is 14. The number of halogens is 5. The zero-order valence-electron chi connectivity index (χ0n) is 42.5. The van der Waals surface area contributed by atoms with Crippen molar-refractivity contribution in [2.75, 3.05) is 44.6 Å². The van der Waals surface area contributed by atoms with E-state index in [1.54, 1.807) is 41.3 Å². The number of anilines is 1. The van der Waals surface area contributed by atoms with E-state index in [2.05, 4.69) is 35.7 Å². The van der Waals surface area contributed by atoms with E-state index in [4.69, 9.17) is 9.47 Å². The fourth-order valence-electron chi connectivity index (χ4n) is 11.2. The zero-order chi connectivity index (χ0) is 54.7. The molecule has 408 valence electrons. The second-order valence-corrected chi connectivity index (χ2v) is 21.3. The Kier molecular flexibility index (Phi) is 13.6. The molecule has 22 heteroatoms. The lowest BCUT2D eigenvalue weighted by molar-refractivity contribution is -0.138. The lowest BCUT2D eigenvalue weighted by atomic mass is 9.77. The average Bonchev–Trinajstić information content (AvgIpc) is 4.36. The first-order valence-corrected chi connectivity index (χ1v) is 26.6. The summed E-state index contributed by atoms with van der Waals surface area (Å²) in [5.41, 5.74) is 0.221. The van der Waals surface area contributed by atoms with Gasteiger partial charge in [-0.25, -0.2) is 28.9 Å². The second-order valence-electron chi connectivity index (χ2n) is 21.3. The maximum absolute atomic E-state index is 15.5. The van der Waals surface area contributed by atoms with Crippen molar-refractivity contribution in [1.82, 2.24) is 45.1 Å². The van der Waals surface area contributed by atoms with Gasteiger partial charge >= 0.3 is 6.18 Å².